The molecule has 0 N–H and O–H groups in total. The standard InChI is InChI=1S/C24H38O3Si/c1-15(2)17-13-18(25-5)21-16(22(17)26-6)9-10-19-23(21,3)12-11-20-24(19,4)14-28(7,8)27-20/h13,15,19-20H,9-12,14H2,1-8H3/t19-,20+,23+,24-/m1/s1. The van der Waals surface area contributed by atoms with E-state index in [-0.39, 0.29) is 10.8 Å². The maximum Gasteiger partial charge on any atom is 0.187 e. The third-order valence-corrected chi connectivity index (χ3v) is 10.7. The number of ether oxygens (including phenoxy) is 2. The largest absolute Gasteiger partial charge is 0.496 e. The van der Waals surface area contributed by atoms with Gasteiger partial charge in [0.05, 0.1) is 20.3 Å². The van der Waals surface area contributed by atoms with E-state index < -0.39 is 8.32 Å². The van der Waals surface area contributed by atoms with Gasteiger partial charge in [0.1, 0.15) is 11.5 Å². The Bertz CT molecular complexity index is 787. The normalized spacial score (nSPS) is 35.9. The fraction of sp³-hybridized carbons (Fsp3) is 0.750. The van der Waals surface area contributed by atoms with Crippen molar-refractivity contribution in [1.29, 1.82) is 0 Å². The van der Waals surface area contributed by atoms with Crippen LogP contribution in [0.3, 0.4) is 0 Å². The summed E-state index contributed by atoms with van der Waals surface area (Å²) in [6.07, 6.45) is 5.09. The monoisotopic (exact) mass is 402 g/mol. The van der Waals surface area contributed by atoms with E-state index in [1.165, 1.54) is 35.6 Å². The molecule has 1 saturated heterocycles. The highest BCUT2D eigenvalue weighted by molar-refractivity contribution is 6.72. The van der Waals surface area contributed by atoms with Crippen molar-refractivity contribution in [3.63, 3.8) is 0 Å². The molecule has 1 saturated carbocycles. The number of rotatable bonds is 3. The molecule has 1 heterocycles. The SMILES string of the molecule is COc1cc(C(C)C)c(OC)c2c1[C@@]1(C)CC[C@@H]3O[Si](C)(C)C[C@]3(C)[C@@H]1CC2. The first-order valence-electron chi connectivity index (χ1n) is 11.0. The van der Waals surface area contributed by atoms with E-state index in [4.69, 9.17) is 13.9 Å². The van der Waals surface area contributed by atoms with Gasteiger partial charge in [-0.15, -0.1) is 0 Å². The molecule has 0 radical (unpaired) electrons. The molecule has 0 spiro atoms. The molecule has 4 rings (SSSR count). The Morgan fingerprint density at radius 1 is 1.14 bits per heavy atom. The molecule has 0 bridgehead atoms. The van der Waals surface area contributed by atoms with Crippen molar-refractivity contribution in [1.82, 2.24) is 0 Å². The molecule has 1 aromatic rings. The lowest BCUT2D eigenvalue weighted by Gasteiger charge is -2.56. The van der Waals surface area contributed by atoms with Crippen molar-refractivity contribution in [3.05, 3.63) is 22.8 Å². The van der Waals surface area contributed by atoms with Crippen molar-refractivity contribution in [2.24, 2.45) is 11.3 Å². The maximum atomic E-state index is 6.67. The van der Waals surface area contributed by atoms with Gasteiger partial charge in [-0.1, -0.05) is 27.7 Å². The molecule has 1 aromatic carbocycles. The Morgan fingerprint density at radius 3 is 2.46 bits per heavy atom. The van der Waals surface area contributed by atoms with Crippen LogP contribution in [-0.4, -0.2) is 28.6 Å². The Balaban J connectivity index is 1.89. The summed E-state index contributed by atoms with van der Waals surface area (Å²) >= 11 is 0. The Kier molecular flexibility index (Phi) is 4.71. The van der Waals surface area contributed by atoms with Gasteiger partial charge in [-0.3, -0.25) is 0 Å². The van der Waals surface area contributed by atoms with E-state index in [0.29, 0.717) is 17.9 Å². The van der Waals surface area contributed by atoms with Gasteiger partial charge in [-0.2, -0.15) is 0 Å². The van der Waals surface area contributed by atoms with E-state index >= 15 is 0 Å². The molecule has 1 aliphatic heterocycles. The number of methoxy groups -OCH3 is 2. The highest BCUT2D eigenvalue weighted by Crippen LogP contribution is 2.65. The second kappa shape index (κ2) is 6.50. The number of hydrogen-bond acceptors (Lipinski definition) is 3. The van der Waals surface area contributed by atoms with Crippen LogP contribution in [0.1, 0.15) is 69.6 Å². The zero-order chi connectivity index (χ0) is 20.5. The molecule has 4 heteroatoms. The van der Waals surface area contributed by atoms with Gasteiger partial charge in [-0.05, 0) is 68.1 Å². The molecule has 4 atom stereocenters. The van der Waals surface area contributed by atoms with Gasteiger partial charge in [-0.25, -0.2) is 0 Å². The molecule has 2 fully saturated rings. The summed E-state index contributed by atoms with van der Waals surface area (Å²) in [4.78, 5) is 0. The lowest BCUT2D eigenvalue weighted by Crippen LogP contribution is -2.53. The summed E-state index contributed by atoms with van der Waals surface area (Å²) in [5.74, 6) is 3.24. The predicted molar refractivity (Wildman–Crippen MR) is 117 cm³/mol. The molecular weight excluding hydrogens is 364 g/mol. The topological polar surface area (TPSA) is 27.7 Å². The van der Waals surface area contributed by atoms with Crippen LogP contribution in [0.5, 0.6) is 11.5 Å². The molecule has 28 heavy (non-hydrogen) atoms. The quantitative estimate of drug-likeness (QED) is 0.576. The van der Waals surface area contributed by atoms with E-state index in [1.807, 2.05) is 14.2 Å². The van der Waals surface area contributed by atoms with Gasteiger partial charge in [0, 0.05) is 22.1 Å². The van der Waals surface area contributed by atoms with Crippen LogP contribution in [0.2, 0.25) is 19.1 Å². The van der Waals surface area contributed by atoms with E-state index in [1.54, 1.807) is 0 Å². The third kappa shape index (κ3) is 2.70. The molecule has 3 aliphatic rings. The highest BCUT2D eigenvalue weighted by atomic mass is 28.4. The summed E-state index contributed by atoms with van der Waals surface area (Å²) in [7, 11) is 2.11. The molecule has 0 amide bonds. The van der Waals surface area contributed by atoms with Crippen molar-refractivity contribution in [3.8, 4) is 11.5 Å². The minimum atomic E-state index is -1.56. The molecule has 3 nitrogen and oxygen atoms in total. The summed E-state index contributed by atoms with van der Waals surface area (Å²) in [5.41, 5.74) is 4.53. The second-order valence-electron chi connectivity index (χ2n) is 10.8. The summed E-state index contributed by atoms with van der Waals surface area (Å²) in [5, 5.41) is 0. The Morgan fingerprint density at radius 2 is 1.86 bits per heavy atom. The average Bonchev–Trinajstić information content (AvgIpc) is 2.88. The van der Waals surface area contributed by atoms with E-state index in [0.717, 1.165) is 24.3 Å². The van der Waals surface area contributed by atoms with Crippen molar-refractivity contribution >= 4 is 8.32 Å². The first kappa shape index (κ1) is 20.3. The fourth-order valence-corrected chi connectivity index (χ4v) is 10.9. The van der Waals surface area contributed by atoms with Gasteiger partial charge in [0.15, 0.2) is 8.32 Å². The van der Waals surface area contributed by atoms with Crippen LogP contribution < -0.4 is 9.47 Å². The van der Waals surface area contributed by atoms with E-state index in [2.05, 4.69) is 46.9 Å². The van der Waals surface area contributed by atoms with Gasteiger partial charge >= 0.3 is 0 Å². The molecular formula is C24H38O3Si. The average molecular weight is 403 g/mol. The van der Waals surface area contributed by atoms with Crippen LogP contribution in [0, 0.1) is 11.3 Å². The number of fused-ring (bicyclic) bond motifs is 5. The fourth-order valence-electron chi connectivity index (χ4n) is 7.31. The molecule has 156 valence electrons. The zero-order valence-corrected chi connectivity index (χ0v) is 20.1. The lowest BCUT2D eigenvalue weighted by atomic mass is 9.49. The molecule has 0 unspecified atom stereocenters. The summed E-state index contributed by atoms with van der Waals surface area (Å²) in [6.45, 7) is 14.3. The van der Waals surface area contributed by atoms with Crippen molar-refractivity contribution < 1.29 is 13.9 Å². The van der Waals surface area contributed by atoms with Crippen molar-refractivity contribution in [2.45, 2.75) is 90.0 Å². The smallest absolute Gasteiger partial charge is 0.187 e. The van der Waals surface area contributed by atoms with Crippen molar-refractivity contribution in [2.75, 3.05) is 14.2 Å². The number of benzene rings is 1. The minimum Gasteiger partial charge on any atom is -0.496 e. The summed E-state index contributed by atoms with van der Waals surface area (Å²) in [6, 6.07) is 3.54. The Hall–Kier alpha value is -1.00. The van der Waals surface area contributed by atoms with Crippen LogP contribution in [-0.2, 0) is 16.3 Å². The van der Waals surface area contributed by atoms with Crippen LogP contribution in [0.4, 0.5) is 0 Å². The summed E-state index contributed by atoms with van der Waals surface area (Å²) < 4.78 is 18.7. The second-order valence-corrected chi connectivity index (χ2v) is 14.9. The predicted octanol–water partition coefficient (Wildman–Crippen LogP) is 6.05. The first-order valence-corrected chi connectivity index (χ1v) is 14.1. The first-order chi connectivity index (χ1) is 13.1. The zero-order valence-electron chi connectivity index (χ0n) is 19.1. The van der Waals surface area contributed by atoms with Crippen LogP contribution in [0.15, 0.2) is 6.07 Å². The maximum absolute atomic E-state index is 6.67. The van der Waals surface area contributed by atoms with Gasteiger partial charge in [0.2, 0.25) is 0 Å². The minimum absolute atomic E-state index is 0.130. The number of hydrogen-bond donors (Lipinski definition) is 0. The Labute approximate surface area is 172 Å². The third-order valence-electron chi connectivity index (χ3n) is 8.17. The van der Waals surface area contributed by atoms with E-state index in [9.17, 15) is 0 Å². The highest BCUT2D eigenvalue weighted by Gasteiger charge is 2.62. The van der Waals surface area contributed by atoms with Gasteiger partial charge < -0.3 is 13.9 Å². The van der Waals surface area contributed by atoms with Crippen LogP contribution >= 0.6 is 0 Å². The van der Waals surface area contributed by atoms with Crippen LogP contribution in [0.25, 0.3) is 0 Å². The molecule has 2 aliphatic carbocycles. The molecule has 0 aromatic heterocycles. The lowest BCUT2D eigenvalue weighted by molar-refractivity contribution is -0.0369. The van der Waals surface area contributed by atoms with Gasteiger partial charge in [0.25, 0.3) is 0 Å².